The van der Waals surface area contributed by atoms with Crippen LogP contribution in [0.25, 0.3) is 0 Å². The predicted octanol–water partition coefficient (Wildman–Crippen LogP) is 2.21. The molecule has 0 fully saturated rings. The maximum absolute atomic E-state index is 10.7. The van der Waals surface area contributed by atoms with E-state index in [1.807, 2.05) is 18.2 Å². The Morgan fingerprint density at radius 1 is 1.12 bits per heavy atom. The Labute approximate surface area is 100 Å². The summed E-state index contributed by atoms with van der Waals surface area (Å²) in [6.07, 6.45) is 10.3. The van der Waals surface area contributed by atoms with Gasteiger partial charge in [0.05, 0.1) is 7.11 Å². The van der Waals surface area contributed by atoms with Crippen LogP contribution in [-0.2, 0) is 17.4 Å². The van der Waals surface area contributed by atoms with Crippen molar-refractivity contribution in [2.24, 2.45) is 0 Å². The second-order valence-corrected chi connectivity index (χ2v) is 5.21. The number of ether oxygens (including phenoxy) is 1. The third-order valence-electron chi connectivity index (χ3n) is 4.42. The van der Waals surface area contributed by atoms with E-state index in [0.29, 0.717) is 0 Å². The zero-order valence-electron chi connectivity index (χ0n) is 9.73. The van der Waals surface area contributed by atoms with Gasteiger partial charge in [-0.25, -0.2) is 0 Å². The molecule has 4 aliphatic carbocycles. The predicted molar refractivity (Wildman–Crippen MR) is 65.2 cm³/mol. The third kappa shape index (κ3) is 0.918. The van der Waals surface area contributed by atoms with Crippen molar-refractivity contribution in [3.63, 3.8) is 0 Å². The second-order valence-electron chi connectivity index (χ2n) is 5.21. The van der Waals surface area contributed by atoms with Gasteiger partial charge in [0, 0.05) is 11.0 Å². The molecule has 0 amide bonds. The summed E-state index contributed by atoms with van der Waals surface area (Å²) < 4.78 is 5.43. The molecule has 5 rings (SSSR count). The molecule has 1 spiro atoms. The maximum Gasteiger partial charge on any atom is 0.130 e. The summed E-state index contributed by atoms with van der Waals surface area (Å²) in [5.74, 6) is 0.797. The van der Waals surface area contributed by atoms with Gasteiger partial charge < -0.3 is 9.84 Å². The highest BCUT2D eigenvalue weighted by molar-refractivity contribution is 5.66. The zero-order valence-corrected chi connectivity index (χ0v) is 9.73. The molecule has 2 nitrogen and oxygen atoms in total. The molecule has 0 aromatic heterocycles. The number of hydrogen-bond donors (Lipinski definition) is 1. The number of hydrogen-bond acceptors (Lipinski definition) is 2. The van der Waals surface area contributed by atoms with Crippen molar-refractivity contribution in [1.82, 2.24) is 0 Å². The summed E-state index contributed by atoms with van der Waals surface area (Å²) in [5.41, 5.74) is 2.64. The van der Waals surface area contributed by atoms with Crippen LogP contribution in [0.5, 0.6) is 5.75 Å². The lowest BCUT2D eigenvalue weighted by molar-refractivity contribution is 0.127. The van der Waals surface area contributed by atoms with E-state index >= 15 is 0 Å². The number of methoxy groups -OCH3 is 1. The van der Waals surface area contributed by atoms with Gasteiger partial charge in [0.2, 0.25) is 0 Å². The van der Waals surface area contributed by atoms with Gasteiger partial charge in [-0.05, 0) is 42.2 Å². The SMILES string of the molecule is COc1ccc2c3c1C1(O)C=CC3(C=C1)CC2. The number of aryl methyl sites for hydroxylation is 1. The van der Waals surface area contributed by atoms with Crippen LogP contribution >= 0.6 is 0 Å². The fourth-order valence-electron chi connectivity index (χ4n) is 3.56. The van der Waals surface area contributed by atoms with Gasteiger partial charge in [0.1, 0.15) is 11.4 Å². The average molecular weight is 226 g/mol. The number of allylic oxidation sites excluding steroid dienone is 2. The summed E-state index contributed by atoms with van der Waals surface area (Å²) >= 11 is 0. The van der Waals surface area contributed by atoms with E-state index < -0.39 is 5.60 Å². The Bertz CT molecular complexity index is 567. The Balaban J connectivity index is 2.15. The van der Waals surface area contributed by atoms with Crippen molar-refractivity contribution in [2.45, 2.75) is 23.9 Å². The van der Waals surface area contributed by atoms with E-state index in [1.54, 1.807) is 7.11 Å². The van der Waals surface area contributed by atoms with Gasteiger partial charge in [0.25, 0.3) is 0 Å². The molecular weight excluding hydrogens is 212 g/mol. The molecule has 2 bridgehead atoms. The van der Waals surface area contributed by atoms with Gasteiger partial charge >= 0.3 is 0 Å². The van der Waals surface area contributed by atoms with E-state index in [2.05, 4.69) is 18.2 Å². The minimum Gasteiger partial charge on any atom is -0.496 e. The third-order valence-corrected chi connectivity index (χ3v) is 4.42. The van der Waals surface area contributed by atoms with Crippen molar-refractivity contribution in [1.29, 1.82) is 0 Å². The molecule has 0 radical (unpaired) electrons. The first-order chi connectivity index (χ1) is 8.19. The summed E-state index contributed by atoms with van der Waals surface area (Å²) in [7, 11) is 1.67. The highest BCUT2D eigenvalue weighted by Crippen LogP contribution is 2.56. The molecular formula is C15H14O2. The lowest BCUT2D eigenvalue weighted by atomic mass is 9.65. The lowest BCUT2D eigenvalue weighted by Crippen LogP contribution is -2.37. The number of benzene rings is 1. The first kappa shape index (κ1) is 9.49. The van der Waals surface area contributed by atoms with E-state index in [9.17, 15) is 5.11 Å². The van der Waals surface area contributed by atoms with Crippen LogP contribution in [0.4, 0.5) is 0 Å². The average Bonchev–Trinajstić information content (AvgIpc) is 2.73. The highest BCUT2D eigenvalue weighted by atomic mass is 16.5. The van der Waals surface area contributed by atoms with Crippen molar-refractivity contribution < 1.29 is 9.84 Å². The van der Waals surface area contributed by atoms with E-state index in [1.165, 1.54) is 11.1 Å². The van der Waals surface area contributed by atoms with Crippen LogP contribution in [0.2, 0.25) is 0 Å². The standard InChI is InChI=1S/C15H14O2/c1-17-11-3-2-10-4-5-14-6-8-15(16,9-7-14)13(11)12(10)14/h2-3,6-9,16H,4-5H2,1H3. The molecule has 4 aliphatic rings. The van der Waals surface area contributed by atoms with E-state index in [-0.39, 0.29) is 5.41 Å². The van der Waals surface area contributed by atoms with Crippen molar-refractivity contribution >= 4 is 0 Å². The van der Waals surface area contributed by atoms with Crippen molar-refractivity contribution in [3.8, 4) is 5.75 Å². The molecule has 0 heterocycles. The first-order valence-electron chi connectivity index (χ1n) is 6.03. The normalized spacial score (nSPS) is 35.2. The molecule has 0 aliphatic heterocycles. The van der Waals surface area contributed by atoms with E-state index in [4.69, 9.17) is 4.74 Å². The van der Waals surface area contributed by atoms with Crippen LogP contribution in [0.15, 0.2) is 36.4 Å². The fourth-order valence-corrected chi connectivity index (χ4v) is 3.56. The van der Waals surface area contributed by atoms with Gasteiger partial charge in [-0.15, -0.1) is 0 Å². The van der Waals surface area contributed by atoms with Gasteiger partial charge in [-0.1, -0.05) is 18.2 Å². The molecule has 1 N–H and O–H groups in total. The lowest BCUT2D eigenvalue weighted by Gasteiger charge is -2.41. The number of aliphatic hydroxyl groups is 1. The van der Waals surface area contributed by atoms with Crippen LogP contribution in [0.3, 0.4) is 0 Å². The molecule has 0 saturated heterocycles. The minimum absolute atomic E-state index is 0.0175. The monoisotopic (exact) mass is 226 g/mol. The Kier molecular flexibility index (Phi) is 1.48. The van der Waals surface area contributed by atoms with E-state index in [0.717, 1.165) is 24.2 Å². The topological polar surface area (TPSA) is 29.5 Å². The molecule has 0 atom stereocenters. The molecule has 2 heteroatoms. The Hall–Kier alpha value is -1.54. The highest BCUT2D eigenvalue weighted by Gasteiger charge is 2.49. The Morgan fingerprint density at radius 2 is 1.88 bits per heavy atom. The molecule has 0 unspecified atom stereocenters. The molecule has 1 aromatic carbocycles. The Morgan fingerprint density at radius 3 is 2.59 bits per heavy atom. The summed E-state index contributed by atoms with van der Waals surface area (Å²) in [5, 5.41) is 10.7. The van der Waals surface area contributed by atoms with Crippen molar-refractivity contribution in [2.75, 3.05) is 7.11 Å². The summed E-state index contributed by atoms with van der Waals surface area (Å²) in [6.45, 7) is 0. The van der Waals surface area contributed by atoms with Crippen LogP contribution in [0, 0.1) is 0 Å². The molecule has 86 valence electrons. The molecule has 17 heavy (non-hydrogen) atoms. The maximum atomic E-state index is 10.7. The molecule has 0 saturated carbocycles. The van der Waals surface area contributed by atoms with Gasteiger partial charge in [-0.2, -0.15) is 0 Å². The smallest absolute Gasteiger partial charge is 0.130 e. The van der Waals surface area contributed by atoms with Crippen LogP contribution in [-0.4, -0.2) is 12.2 Å². The van der Waals surface area contributed by atoms with Crippen LogP contribution < -0.4 is 4.74 Å². The van der Waals surface area contributed by atoms with Crippen LogP contribution in [0.1, 0.15) is 23.1 Å². The first-order valence-corrected chi connectivity index (χ1v) is 6.03. The van der Waals surface area contributed by atoms with Gasteiger partial charge in [-0.3, -0.25) is 0 Å². The van der Waals surface area contributed by atoms with Gasteiger partial charge in [0.15, 0.2) is 0 Å². The fraction of sp³-hybridized carbons (Fsp3) is 0.333. The second kappa shape index (κ2) is 2.65. The molecule has 1 aromatic rings. The largest absolute Gasteiger partial charge is 0.496 e. The summed E-state index contributed by atoms with van der Waals surface area (Å²) in [4.78, 5) is 0. The number of rotatable bonds is 1. The quantitative estimate of drug-likeness (QED) is 0.744. The minimum atomic E-state index is -0.969. The van der Waals surface area contributed by atoms with Crippen molar-refractivity contribution in [3.05, 3.63) is 53.1 Å². The zero-order chi connectivity index (χ0) is 11.7. The summed E-state index contributed by atoms with van der Waals surface area (Å²) in [6, 6.07) is 4.12.